The number of amidine groups is 1. The quantitative estimate of drug-likeness (QED) is 0.490. The van der Waals surface area contributed by atoms with Crippen molar-refractivity contribution in [2.45, 2.75) is 25.7 Å². The van der Waals surface area contributed by atoms with Gasteiger partial charge < -0.3 is 16.5 Å². The van der Waals surface area contributed by atoms with Gasteiger partial charge in [0.15, 0.2) is 0 Å². The van der Waals surface area contributed by atoms with E-state index in [4.69, 9.17) is 16.6 Å². The molecule has 1 fully saturated rings. The Balaban J connectivity index is 1.87. The largest absolute Gasteiger partial charge is 0.384 e. The molecule has 0 radical (unpaired) electrons. The Hall–Kier alpha value is -2.72. The highest BCUT2D eigenvalue weighted by atomic mass is 14.9. The highest BCUT2D eigenvalue weighted by Crippen LogP contribution is 2.27. The summed E-state index contributed by atoms with van der Waals surface area (Å²) in [5.74, 6) is 0.582. The molecule has 5 N–H and O–H groups in total. The normalized spacial score (nSPS) is 15.7. The lowest BCUT2D eigenvalue weighted by atomic mass is 9.89. The summed E-state index contributed by atoms with van der Waals surface area (Å²) >= 11 is 0. The van der Waals surface area contributed by atoms with Crippen LogP contribution in [0.4, 0.5) is 0 Å². The van der Waals surface area contributed by atoms with Gasteiger partial charge in [0.2, 0.25) is 0 Å². The number of hydrogen-bond acceptors (Lipinski definition) is 3. The van der Waals surface area contributed by atoms with E-state index in [1.165, 1.54) is 5.56 Å². The molecule has 1 aliphatic rings. The van der Waals surface area contributed by atoms with Crippen LogP contribution in [0, 0.1) is 17.7 Å². The molecule has 0 unspecified atom stereocenters. The fourth-order valence-corrected chi connectivity index (χ4v) is 3.50. The minimum atomic E-state index is -0.0158. The summed E-state index contributed by atoms with van der Waals surface area (Å²) in [7, 11) is 0. The number of benzene rings is 2. The maximum atomic E-state index is 8.41. The summed E-state index contributed by atoms with van der Waals surface area (Å²) in [4.78, 5) is 0. The lowest BCUT2D eigenvalue weighted by Crippen LogP contribution is -2.26. The molecule has 0 amide bonds. The third kappa shape index (κ3) is 4.09. The zero-order chi connectivity index (χ0) is 18.5. The van der Waals surface area contributed by atoms with Crippen molar-refractivity contribution in [2.75, 3.05) is 13.1 Å². The predicted octanol–water partition coefficient (Wildman–Crippen LogP) is 3.85. The lowest BCUT2D eigenvalue weighted by Gasteiger charge is -2.23. The van der Waals surface area contributed by atoms with Gasteiger partial charge in [0.25, 0.3) is 0 Å². The highest BCUT2D eigenvalue weighted by molar-refractivity contribution is 6.27. The van der Waals surface area contributed by atoms with Crippen molar-refractivity contribution in [3.63, 3.8) is 0 Å². The molecule has 4 nitrogen and oxygen atoms in total. The SMILES string of the molecule is Cc1ccccc1C(=N)/C=C(\C(=N)N)c1ccc(C2CCNCC2)cc1. The van der Waals surface area contributed by atoms with E-state index < -0.39 is 0 Å². The van der Waals surface area contributed by atoms with Crippen LogP contribution < -0.4 is 11.1 Å². The molecule has 0 aromatic heterocycles. The number of piperidine rings is 1. The number of hydrogen-bond donors (Lipinski definition) is 4. The molecule has 2 aromatic rings. The van der Waals surface area contributed by atoms with Gasteiger partial charge in [0.05, 0.1) is 5.71 Å². The maximum Gasteiger partial charge on any atom is 0.123 e. The fourth-order valence-electron chi connectivity index (χ4n) is 3.50. The number of nitrogens with two attached hydrogens (primary N) is 1. The van der Waals surface area contributed by atoms with Crippen LogP contribution in [-0.2, 0) is 0 Å². The molecule has 0 bridgehead atoms. The number of aryl methyl sites for hydroxylation is 1. The molecule has 1 saturated heterocycles. The first-order chi connectivity index (χ1) is 12.6. The van der Waals surface area contributed by atoms with Crippen LogP contribution in [0.3, 0.4) is 0 Å². The van der Waals surface area contributed by atoms with E-state index in [2.05, 4.69) is 17.4 Å². The van der Waals surface area contributed by atoms with E-state index in [9.17, 15) is 0 Å². The molecular formula is C22H26N4. The van der Waals surface area contributed by atoms with Gasteiger partial charge in [-0.15, -0.1) is 0 Å². The van der Waals surface area contributed by atoms with E-state index >= 15 is 0 Å². The Kier molecular flexibility index (Phi) is 5.64. The van der Waals surface area contributed by atoms with Crippen LogP contribution in [0.25, 0.3) is 5.57 Å². The molecule has 26 heavy (non-hydrogen) atoms. The van der Waals surface area contributed by atoms with Crippen molar-refractivity contribution < 1.29 is 0 Å². The molecule has 0 saturated carbocycles. The van der Waals surface area contributed by atoms with Crippen LogP contribution in [0.5, 0.6) is 0 Å². The van der Waals surface area contributed by atoms with Crippen molar-refractivity contribution >= 4 is 17.1 Å². The predicted molar refractivity (Wildman–Crippen MR) is 109 cm³/mol. The highest BCUT2D eigenvalue weighted by Gasteiger charge is 2.16. The van der Waals surface area contributed by atoms with Gasteiger partial charge in [-0.2, -0.15) is 0 Å². The molecule has 2 aromatic carbocycles. The molecule has 134 valence electrons. The van der Waals surface area contributed by atoms with Crippen LogP contribution >= 0.6 is 0 Å². The monoisotopic (exact) mass is 346 g/mol. The average Bonchev–Trinajstić information content (AvgIpc) is 2.67. The minimum Gasteiger partial charge on any atom is -0.384 e. The third-order valence-electron chi connectivity index (χ3n) is 5.05. The van der Waals surface area contributed by atoms with Crippen molar-refractivity contribution in [1.29, 1.82) is 10.8 Å². The van der Waals surface area contributed by atoms with Crippen molar-refractivity contribution in [3.8, 4) is 0 Å². The molecule has 1 heterocycles. The van der Waals surface area contributed by atoms with Gasteiger partial charge in [0.1, 0.15) is 5.84 Å². The average molecular weight is 346 g/mol. The van der Waals surface area contributed by atoms with E-state index in [1.54, 1.807) is 6.08 Å². The Morgan fingerprint density at radius 1 is 1.04 bits per heavy atom. The first-order valence-electron chi connectivity index (χ1n) is 9.08. The van der Waals surface area contributed by atoms with Crippen molar-refractivity contribution in [1.82, 2.24) is 5.32 Å². The van der Waals surface area contributed by atoms with Gasteiger partial charge in [-0.25, -0.2) is 0 Å². The Morgan fingerprint density at radius 2 is 1.69 bits per heavy atom. The Bertz CT molecular complexity index is 827. The number of nitrogens with one attached hydrogen (secondary N) is 3. The van der Waals surface area contributed by atoms with Gasteiger partial charge in [-0.05, 0) is 61.5 Å². The van der Waals surface area contributed by atoms with Gasteiger partial charge >= 0.3 is 0 Å². The van der Waals surface area contributed by atoms with Crippen molar-refractivity contribution in [3.05, 3.63) is 76.9 Å². The van der Waals surface area contributed by atoms with E-state index in [-0.39, 0.29) is 5.84 Å². The Labute approximate surface area is 155 Å². The summed E-state index contributed by atoms with van der Waals surface area (Å²) in [6, 6.07) is 16.1. The second-order valence-corrected chi connectivity index (χ2v) is 6.85. The Morgan fingerprint density at radius 3 is 2.31 bits per heavy atom. The summed E-state index contributed by atoms with van der Waals surface area (Å²) in [5.41, 5.74) is 10.9. The molecule has 4 heteroatoms. The third-order valence-corrected chi connectivity index (χ3v) is 5.05. The summed E-state index contributed by atoms with van der Waals surface area (Å²) < 4.78 is 0. The van der Waals surface area contributed by atoms with Gasteiger partial charge in [0, 0.05) is 11.1 Å². The second kappa shape index (κ2) is 8.11. The standard InChI is InChI=1S/C22H26N4/c1-15-4-2-3-5-19(15)21(23)14-20(22(24)25)18-8-6-16(7-9-18)17-10-12-26-13-11-17/h2-9,14,17,23,26H,10-13H2,1H3,(H3,24,25)/b20-14-,23-21?. The van der Waals surface area contributed by atoms with E-state index in [0.717, 1.165) is 42.6 Å². The number of rotatable bonds is 5. The van der Waals surface area contributed by atoms with Crippen molar-refractivity contribution in [2.24, 2.45) is 5.73 Å². The maximum absolute atomic E-state index is 8.41. The smallest absolute Gasteiger partial charge is 0.123 e. The summed E-state index contributed by atoms with van der Waals surface area (Å²) in [6.45, 7) is 4.12. The van der Waals surface area contributed by atoms with Crippen LogP contribution in [-0.4, -0.2) is 24.6 Å². The zero-order valence-corrected chi connectivity index (χ0v) is 15.2. The zero-order valence-electron chi connectivity index (χ0n) is 15.2. The molecule has 0 atom stereocenters. The molecule has 1 aliphatic heterocycles. The van der Waals surface area contributed by atoms with Crippen LogP contribution in [0.15, 0.2) is 54.6 Å². The van der Waals surface area contributed by atoms with E-state index in [1.807, 2.05) is 43.3 Å². The van der Waals surface area contributed by atoms with Crippen LogP contribution in [0.1, 0.15) is 41.0 Å². The first kappa shape index (κ1) is 18.1. The molecule has 3 rings (SSSR count). The minimum absolute atomic E-state index is 0.0158. The fraction of sp³-hybridized carbons (Fsp3) is 0.273. The molecule has 0 spiro atoms. The summed E-state index contributed by atoms with van der Waals surface area (Å²) in [5, 5.41) is 19.8. The van der Waals surface area contributed by atoms with Crippen LogP contribution in [0.2, 0.25) is 0 Å². The van der Waals surface area contributed by atoms with Gasteiger partial charge in [-0.1, -0.05) is 48.5 Å². The molecule has 0 aliphatic carbocycles. The van der Waals surface area contributed by atoms with E-state index in [0.29, 0.717) is 17.2 Å². The number of allylic oxidation sites excluding steroid dienone is 1. The molecular weight excluding hydrogens is 320 g/mol. The summed E-state index contributed by atoms with van der Waals surface area (Å²) in [6.07, 6.45) is 4.02. The van der Waals surface area contributed by atoms with Gasteiger partial charge in [-0.3, -0.25) is 5.41 Å². The topological polar surface area (TPSA) is 85.8 Å². The lowest BCUT2D eigenvalue weighted by molar-refractivity contribution is 0.460. The first-order valence-corrected chi connectivity index (χ1v) is 9.08. The second-order valence-electron chi connectivity index (χ2n) is 6.85.